The number of ketones is 1. The molecule has 0 radical (unpaired) electrons. The van der Waals surface area contributed by atoms with Gasteiger partial charge in [-0.3, -0.25) is 0 Å². The zero-order valence-electron chi connectivity index (χ0n) is 14.4. The molecule has 2 aliphatic rings. The van der Waals surface area contributed by atoms with Gasteiger partial charge in [-0.1, -0.05) is 42.0 Å². The van der Waals surface area contributed by atoms with Crippen LogP contribution in [0.15, 0.2) is 35.9 Å². The van der Waals surface area contributed by atoms with Crippen LogP contribution in [0, 0.1) is 11.8 Å². The van der Waals surface area contributed by atoms with Crippen molar-refractivity contribution in [3.05, 3.63) is 41.5 Å². The van der Waals surface area contributed by atoms with E-state index in [1.807, 2.05) is 0 Å². The molecule has 0 saturated heterocycles. The zero-order valence-corrected chi connectivity index (χ0v) is 14.4. The summed E-state index contributed by atoms with van der Waals surface area (Å²) in [5, 5.41) is 3.86. The smallest absolute Gasteiger partial charge is 0.130 e. The van der Waals surface area contributed by atoms with Crippen LogP contribution in [-0.2, 0) is 4.79 Å². The number of rotatable bonds is 6. The van der Waals surface area contributed by atoms with Gasteiger partial charge in [-0.05, 0) is 63.4 Å². The van der Waals surface area contributed by atoms with Crippen LogP contribution in [-0.4, -0.2) is 17.9 Å². The van der Waals surface area contributed by atoms with E-state index in [0.29, 0.717) is 29.7 Å². The van der Waals surface area contributed by atoms with E-state index in [9.17, 15) is 4.79 Å². The predicted octanol–water partition coefficient (Wildman–Crippen LogP) is 4.61. The molecule has 2 atom stereocenters. The molecule has 0 aliphatic heterocycles. The lowest BCUT2D eigenvalue weighted by atomic mass is 9.83. The highest BCUT2D eigenvalue weighted by Gasteiger charge is 2.39. The topological polar surface area (TPSA) is 29.1 Å². The van der Waals surface area contributed by atoms with Crippen molar-refractivity contribution in [2.24, 2.45) is 11.8 Å². The summed E-state index contributed by atoms with van der Waals surface area (Å²) < 4.78 is 0. The number of carbonyl (C=O) groups is 1. The second kappa shape index (κ2) is 7.44. The summed E-state index contributed by atoms with van der Waals surface area (Å²) in [6.45, 7) is 3.99. The molecule has 2 fully saturated rings. The minimum absolute atomic E-state index is 0.352. The van der Waals surface area contributed by atoms with Crippen molar-refractivity contribution < 1.29 is 4.79 Å². The fourth-order valence-corrected chi connectivity index (χ4v) is 4.04. The molecule has 0 heterocycles. The molecule has 2 nitrogen and oxygen atoms in total. The Morgan fingerprint density at radius 1 is 1.13 bits per heavy atom. The lowest BCUT2D eigenvalue weighted by molar-refractivity contribution is -0.118. The maximum absolute atomic E-state index is 11.2. The standard InChI is InChI=1S/C21H29NO/c1-15(12-17-6-4-3-5-7-17)20-14-21(20)22-19-10-8-18(9-11-19)13-16(2)23/h3-7,12,18-22H,8-11,13-14H2,1-2H3/b15-12+/t18?,19?,20-,21+/m0/s1. The number of Topliss-reactive ketones (excluding diaryl/α,β-unsaturated/α-hetero) is 1. The number of carbonyl (C=O) groups excluding carboxylic acids is 1. The van der Waals surface area contributed by atoms with Gasteiger partial charge in [-0.2, -0.15) is 0 Å². The van der Waals surface area contributed by atoms with Gasteiger partial charge < -0.3 is 10.1 Å². The summed E-state index contributed by atoms with van der Waals surface area (Å²) in [5.41, 5.74) is 2.80. The van der Waals surface area contributed by atoms with Crippen LogP contribution in [0.1, 0.15) is 57.9 Å². The van der Waals surface area contributed by atoms with Gasteiger partial charge in [0.15, 0.2) is 0 Å². The van der Waals surface area contributed by atoms with E-state index < -0.39 is 0 Å². The Hall–Kier alpha value is -1.41. The molecule has 124 valence electrons. The van der Waals surface area contributed by atoms with Crippen molar-refractivity contribution in [2.75, 3.05) is 0 Å². The molecule has 1 aromatic carbocycles. The zero-order chi connectivity index (χ0) is 16.2. The van der Waals surface area contributed by atoms with E-state index in [1.165, 1.54) is 43.2 Å². The minimum atomic E-state index is 0.352. The van der Waals surface area contributed by atoms with Crippen molar-refractivity contribution in [3.63, 3.8) is 0 Å². The Balaban J connectivity index is 1.43. The molecule has 2 heteroatoms. The summed E-state index contributed by atoms with van der Waals surface area (Å²) in [7, 11) is 0. The van der Waals surface area contributed by atoms with E-state index in [-0.39, 0.29) is 0 Å². The normalized spacial score (nSPS) is 31.0. The van der Waals surface area contributed by atoms with Crippen molar-refractivity contribution >= 4 is 11.9 Å². The highest BCUT2D eigenvalue weighted by Crippen LogP contribution is 2.39. The summed E-state index contributed by atoms with van der Waals surface area (Å²) in [5.74, 6) is 1.70. The van der Waals surface area contributed by atoms with E-state index in [4.69, 9.17) is 0 Å². The minimum Gasteiger partial charge on any atom is -0.311 e. The van der Waals surface area contributed by atoms with Crippen LogP contribution < -0.4 is 5.32 Å². The molecule has 2 saturated carbocycles. The van der Waals surface area contributed by atoms with E-state index in [2.05, 4.69) is 48.6 Å². The number of nitrogens with one attached hydrogen (secondary N) is 1. The van der Waals surface area contributed by atoms with Crippen molar-refractivity contribution in [2.45, 2.75) is 64.5 Å². The van der Waals surface area contributed by atoms with Gasteiger partial charge in [-0.15, -0.1) is 0 Å². The third-order valence-electron chi connectivity index (χ3n) is 5.44. The summed E-state index contributed by atoms with van der Waals surface area (Å²) in [6, 6.07) is 11.9. The molecule has 0 amide bonds. The lowest BCUT2D eigenvalue weighted by Crippen LogP contribution is -2.35. The maximum Gasteiger partial charge on any atom is 0.130 e. The Kier molecular flexibility index (Phi) is 5.32. The van der Waals surface area contributed by atoms with Gasteiger partial charge in [0, 0.05) is 18.5 Å². The summed E-state index contributed by atoms with van der Waals surface area (Å²) in [4.78, 5) is 11.2. The SMILES string of the molecule is CC(=O)CC1CCC(N[C@@H]2C[C@H]2/C(C)=C/c2ccccc2)CC1. The Bertz CT molecular complexity index is 554. The first-order valence-corrected chi connectivity index (χ1v) is 9.10. The van der Waals surface area contributed by atoms with E-state index >= 15 is 0 Å². The molecule has 1 N–H and O–H groups in total. The van der Waals surface area contributed by atoms with Crippen molar-refractivity contribution in [1.29, 1.82) is 0 Å². The van der Waals surface area contributed by atoms with Crippen molar-refractivity contribution in [1.82, 2.24) is 5.32 Å². The lowest BCUT2D eigenvalue weighted by Gasteiger charge is -2.29. The number of hydrogen-bond donors (Lipinski definition) is 1. The van der Waals surface area contributed by atoms with Crippen LogP contribution in [0.4, 0.5) is 0 Å². The summed E-state index contributed by atoms with van der Waals surface area (Å²) in [6.07, 6.45) is 9.31. The van der Waals surface area contributed by atoms with Crippen LogP contribution in [0.2, 0.25) is 0 Å². The highest BCUT2D eigenvalue weighted by atomic mass is 16.1. The Labute approximate surface area is 140 Å². The van der Waals surface area contributed by atoms with E-state index in [1.54, 1.807) is 6.92 Å². The Morgan fingerprint density at radius 2 is 1.83 bits per heavy atom. The van der Waals surface area contributed by atoms with Gasteiger partial charge in [0.1, 0.15) is 5.78 Å². The molecule has 2 aliphatic carbocycles. The number of hydrogen-bond acceptors (Lipinski definition) is 2. The van der Waals surface area contributed by atoms with Gasteiger partial charge in [0.2, 0.25) is 0 Å². The molecule has 3 rings (SSSR count). The molecule has 1 aromatic rings. The van der Waals surface area contributed by atoms with Gasteiger partial charge in [-0.25, -0.2) is 0 Å². The first-order chi connectivity index (χ1) is 11.1. The third-order valence-corrected chi connectivity index (χ3v) is 5.44. The monoisotopic (exact) mass is 311 g/mol. The molecule has 0 aromatic heterocycles. The number of benzene rings is 1. The average Bonchev–Trinajstić information content (AvgIpc) is 3.29. The molecular formula is C21H29NO. The second-order valence-electron chi connectivity index (χ2n) is 7.54. The molecule has 0 unspecified atom stereocenters. The Morgan fingerprint density at radius 3 is 2.48 bits per heavy atom. The third kappa shape index (κ3) is 4.78. The molecule has 0 bridgehead atoms. The largest absolute Gasteiger partial charge is 0.311 e. The predicted molar refractivity (Wildman–Crippen MR) is 96.2 cm³/mol. The maximum atomic E-state index is 11.2. The average molecular weight is 311 g/mol. The van der Waals surface area contributed by atoms with Gasteiger partial charge in [0.25, 0.3) is 0 Å². The van der Waals surface area contributed by atoms with Gasteiger partial charge in [0.05, 0.1) is 0 Å². The molecule has 0 spiro atoms. The quantitative estimate of drug-likeness (QED) is 0.831. The van der Waals surface area contributed by atoms with Crippen LogP contribution >= 0.6 is 0 Å². The first-order valence-electron chi connectivity index (χ1n) is 9.10. The molecule has 23 heavy (non-hydrogen) atoms. The highest BCUT2D eigenvalue weighted by molar-refractivity contribution is 5.75. The van der Waals surface area contributed by atoms with Crippen LogP contribution in [0.25, 0.3) is 6.08 Å². The first kappa shape index (κ1) is 16.4. The van der Waals surface area contributed by atoms with Crippen LogP contribution in [0.3, 0.4) is 0 Å². The van der Waals surface area contributed by atoms with E-state index in [0.717, 1.165) is 6.42 Å². The molecular weight excluding hydrogens is 282 g/mol. The fraction of sp³-hybridized carbons (Fsp3) is 0.571. The van der Waals surface area contributed by atoms with Crippen LogP contribution in [0.5, 0.6) is 0 Å². The summed E-state index contributed by atoms with van der Waals surface area (Å²) >= 11 is 0. The van der Waals surface area contributed by atoms with Crippen molar-refractivity contribution in [3.8, 4) is 0 Å². The second-order valence-corrected chi connectivity index (χ2v) is 7.54. The van der Waals surface area contributed by atoms with Gasteiger partial charge >= 0.3 is 0 Å². The fourth-order valence-electron chi connectivity index (χ4n) is 4.04.